The van der Waals surface area contributed by atoms with E-state index in [1.165, 1.54) is 0 Å². The van der Waals surface area contributed by atoms with Gasteiger partial charge in [-0.1, -0.05) is 23.9 Å². The predicted octanol–water partition coefficient (Wildman–Crippen LogP) is 1.46. The Hall–Kier alpha value is -1.86. The summed E-state index contributed by atoms with van der Waals surface area (Å²) in [7, 11) is 0. The molecular formula is C14H17N5OS. The zero-order valence-electron chi connectivity index (χ0n) is 11.5. The van der Waals surface area contributed by atoms with E-state index in [0.717, 1.165) is 35.1 Å². The molecule has 3 rings (SSSR count). The summed E-state index contributed by atoms with van der Waals surface area (Å²) in [5, 5.41) is 9.26. The van der Waals surface area contributed by atoms with Gasteiger partial charge in [-0.25, -0.2) is 0 Å². The molecule has 21 heavy (non-hydrogen) atoms. The molecule has 1 fully saturated rings. The minimum Gasteiger partial charge on any atom is -0.366 e. The molecule has 1 saturated carbocycles. The first-order valence-corrected chi connectivity index (χ1v) is 7.83. The molecule has 1 aromatic carbocycles. The van der Waals surface area contributed by atoms with Crippen LogP contribution in [-0.4, -0.2) is 20.7 Å². The standard InChI is InChI=1S/C14H17N5OS/c15-7-12-17-18-14(19(12)11-4-5-11)21-8-9-2-1-3-10(6-9)13(16)20/h1-3,6,11H,4-5,7-8,15H2,(H2,16,20). The van der Waals surface area contributed by atoms with Crippen LogP contribution >= 0.6 is 11.8 Å². The number of thioether (sulfide) groups is 1. The molecule has 0 radical (unpaired) electrons. The fourth-order valence-electron chi connectivity index (χ4n) is 2.21. The van der Waals surface area contributed by atoms with E-state index in [1.54, 1.807) is 17.8 Å². The van der Waals surface area contributed by atoms with Crippen molar-refractivity contribution in [2.24, 2.45) is 11.5 Å². The summed E-state index contributed by atoms with van der Waals surface area (Å²) < 4.78 is 2.14. The van der Waals surface area contributed by atoms with Crippen LogP contribution in [0.1, 0.15) is 40.6 Å². The van der Waals surface area contributed by atoms with Gasteiger partial charge >= 0.3 is 0 Å². The number of amides is 1. The van der Waals surface area contributed by atoms with Crippen molar-refractivity contribution in [1.29, 1.82) is 0 Å². The number of hydrogen-bond acceptors (Lipinski definition) is 5. The zero-order chi connectivity index (χ0) is 14.8. The number of benzene rings is 1. The normalized spacial score (nSPS) is 14.3. The Morgan fingerprint density at radius 2 is 2.19 bits per heavy atom. The molecule has 4 N–H and O–H groups in total. The van der Waals surface area contributed by atoms with Gasteiger partial charge in [-0.2, -0.15) is 0 Å². The third kappa shape index (κ3) is 3.08. The molecule has 0 bridgehead atoms. The Balaban J connectivity index is 1.74. The molecule has 6 nitrogen and oxygen atoms in total. The van der Waals surface area contributed by atoms with Crippen LogP contribution in [0.3, 0.4) is 0 Å². The lowest BCUT2D eigenvalue weighted by Gasteiger charge is -2.07. The van der Waals surface area contributed by atoms with Crippen molar-refractivity contribution >= 4 is 17.7 Å². The van der Waals surface area contributed by atoms with E-state index in [9.17, 15) is 4.79 Å². The van der Waals surface area contributed by atoms with Gasteiger partial charge in [0.05, 0.1) is 6.54 Å². The fourth-order valence-corrected chi connectivity index (χ4v) is 3.17. The highest BCUT2D eigenvalue weighted by atomic mass is 32.2. The quantitative estimate of drug-likeness (QED) is 0.787. The summed E-state index contributed by atoms with van der Waals surface area (Å²) in [6.45, 7) is 0.404. The lowest BCUT2D eigenvalue weighted by molar-refractivity contribution is 0.1000. The second-order valence-corrected chi connectivity index (χ2v) is 6.00. The molecule has 1 amide bonds. The summed E-state index contributed by atoms with van der Waals surface area (Å²) in [4.78, 5) is 11.2. The molecule has 0 atom stereocenters. The first-order chi connectivity index (χ1) is 10.2. The van der Waals surface area contributed by atoms with E-state index < -0.39 is 5.91 Å². The van der Waals surface area contributed by atoms with Crippen LogP contribution in [0.5, 0.6) is 0 Å². The van der Waals surface area contributed by atoms with Gasteiger partial charge in [0, 0.05) is 17.4 Å². The molecular weight excluding hydrogens is 286 g/mol. The van der Waals surface area contributed by atoms with Crippen molar-refractivity contribution in [3.8, 4) is 0 Å². The monoisotopic (exact) mass is 303 g/mol. The highest BCUT2D eigenvalue weighted by Crippen LogP contribution is 2.39. The molecule has 0 saturated heterocycles. The molecule has 110 valence electrons. The van der Waals surface area contributed by atoms with Crippen molar-refractivity contribution in [2.75, 3.05) is 0 Å². The largest absolute Gasteiger partial charge is 0.366 e. The highest BCUT2D eigenvalue weighted by molar-refractivity contribution is 7.98. The fraction of sp³-hybridized carbons (Fsp3) is 0.357. The Bertz CT molecular complexity index is 665. The SMILES string of the molecule is NCc1nnc(SCc2cccc(C(N)=O)c2)n1C1CC1. The zero-order valence-corrected chi connectivity index (χ0v) is 12.3. The first kappa shape index (κ1) is 14.1. The van der Waals surface area contributed by atoms with Gasteiger partial charge < -0.3 is 16.0 Å². The van der Waals surface area contributed by atoms with Gasteiger partial charge in [-0.15, -0.1) is 10.2 Å². The third-order valence-corrected chi connectivity index (χ3v) is 4.42. The molecule has 0 spiro atoms. The average Bonchev–Trinajstić information content (AvgIpc) is 3.25. The number of carbonyl (C=O) groups is 1. The van der Waals surface area contributed by atoms with E-state index >= 15 is 0 Å². The van der Waals surface area contributed by atoms with Gasteiger partial charge in [0.2, 0.25) is 5.91 Å². The second kappa shape index (κ2) is 5.87. The van der Waals surface area contributed by atoms with E-state index in [4.69, 9.17) is 11.5 Å². The van der Waals surface area contributed by atoms with Crippen LogP contribution in [0, 0.1) is 0 Å². The van der Waals surface area contributed by atoms with Gasteiger partial charge in [-0.05, 0) is 30.5 Å². The van der Waals surface area contributed by atoms with Crippen LogP contribution < -0.4 is 11.5 Å². The van der Waals surface area contributed by atoms with Crippen molar-refractivity contribution in [2.45, 2.75) is 36.3 Å². The Labute approximate surface area is 126 Å². The predicted molar refractivity (Wildman–Crippen MR) is 80.7 cm³/mol. The minimum absolute atomic E-state index is 0.404. The molecule has 2 aromatic rings. The molecule has 7 heteroatoms. The van der Waals surface area contributed by atoms with Crippen LogP contribution in [-0.2, 0) is 12.3 Å². The number of carbonyl (C=O) groups excluding carboxylic acids is 1. The number of hydrogen-bond donors (Lipinski definition) is 2. The lowest BCUT2D eigenvalue weighted by Crippen LogP contribution is -2.10. The molecule has 1 aliphatic carbocycles. The number of nitrogens with two attached hydrogens (primary N) is 2. The maximum atomic E-state index is 11.2. The van der Waals surface area contributed by atoms with E-state index in [2.05, 4.69) is 14.8 Å². The van der Waals surface area contributed by atoms with E-state index in [0.29, 0.717) is 18.2 Å². The van der Waals surface area contributed by atoms with Gasteiger partial charge in [-0.3, -0.25) is 4.79 Å². The number of aromatic nitrogens is 3. The van der Waals surface area contributed by atoms with Crippen LogP contribution in [0.2, 0.25) is 0 Å². The lowest BCUT2D eigenvalue weighted by atomic mass is 10.1. The number of primary amides is 1. The minimum atomic E-state index is -0.409. The summed E-state index contributed by atoms with van der Waals surface area (Å²) in [5.41, 5.74) is 12.6. The van der Waals surface area contributed by atoms with E-state index in [-0.39, 0.29) is 0 Å². The molecule has 1 aromatic heterocycles. The Morgan fingerprint density at radius 1 is 1.38 bits per heavy atom. The Morgan fingerprint density at radius 3 is 2.86 bits per heavy atom. The summed E-state index contributed by atoms with van der Waals surface area (Å²) in [6.07, 6.45) is 2.32. The summed E-state index contributed by atoms with van der Waals surface area (Å²) in [5.74, 6) is 1.15. The second-order valence-electron chi connectivity index (χ2n) is 5.06. The van der Waals surface area contributed by atoms with Crippen LogP contribution in [0.25, 0.3) is 0 Å². The maximum Gasteiger partial charge on any atom is 0.248 e. The number of nitrogens with zero attached hydrogens (tertiary/aromatic N) is 3. The van der Waals surface area contributed by atoms with Gasteiger partial charge in [0.1, 0.15) is 5.82 Å². The third-order valence-electron chi connectivity index (χ3n) is 3.41. The average molecular weight is 303 g/mol. The van der Waals surface area contributed by atoms with Crippen LogP contribution in [0.15, 0.2) is 29.4 Å². The highest BCUT2D eigenvalue weighted by Gasteiger charge is 2.29. The Kier molecular flexibility index (Phi) is 3.94. The number of rotatable bonds is 6. The molecule has 1 heterocycles. The van der Waals surface area contributed by atoms with Crippen LogP contribution in [0.4, 0.5) is 0 Å². The smallest absolute Gasteiger partial charge is 0.248 e. The summed E-state index contributed by atoms with van der Waals surface area (Å²) >= 11 is 1.61. The van der Waals surface area contributed by atoms with Gasteiger partial charge in [0.25, 0.3) is 0 Å². The summed E-state index contributed by atoms with van der Waals surface area (Å²) in [6, 6.07) is 7.85. The van der Waals surface area contributed by atoms with Crippen molar-refractivity contribution in [3.05, 3.63) is 41.2 Å². The van der Waals surface area contributed by atoms with Gasteiger partial charge in [0.15, 0.2) is 5.16 Å². The maximum absolute atomic E-state index is 11.2. The molecule has 1 aliphatic rings. The molecule has 0 unspecified atom stereocenters. The topological polar surface area (TPSA) is 99.8 Å². The van der Waals surface area contributed by atoms with Crippen molar-refractivity contribution in [3.63, 3.8) is 0 Å². The van der Waals surface area contributed by atoms with Crippen molar-refractivity contribution in [1.82, 2.24) is 14.8 Å². The first-order valence-electron chi connectivity index (χ1n) is 6.84. The van der Waals surface area contributed by atoms with Crippen molar-refractivity contribution < 1.29 is 4.79 Å². The molecule has 0 aliphatic heterocycles. The van der Waals surface area contributed by atoms with E-state index in [1.807, 2.05) is 18.2 Å².